The SMILES string of the molecule is CNC(CS(C)(=O)=O)c1csc2ccccc12. The van der Waals surface area contributed by atoms with E-state index in [2.05, 4.69) is 11.4 Å². The number of hydrogen-bond donors (Lipinski definition) is 1. The highest BCUT2D eigenvalue weighted by Crippen LogP contribution is 2.30. The number of benzene rings is 1. The van der Waals surface area contributed by atoms with Crippen molar-refractivity contribution in [3.8, 4) is 0 Å². The molecule has 0 bridgehead atoms. The molecule has 1 atom stereocenters. The monoisotopic (exact) mass is 269 g/mol. The van der Waals surface area contributed by atoms with Crippen LogP contribution >= 0.6 is 11.3 Å². The van der Waals surface area contributed by atoms with E-state index >= 15 is 0 Å². The Balaban J connectivity index is 2.43. The van der Waals surface area contributed by atoms with Crippen molar-refractivity contribution >= 4 is 31.3 Å². The van der Waals surface area contributed by atoms with Gasteiger partial charge in [0.1, 0.15) is 9.84 Å². The van der Waals surface area contributed by atoms with Crippen molar-refractivity contribution in [1.29, 1.82) is 0 Å². The summed E-state index contributed by atoms with van der Waals surface area (Å²) in [7, 11) is -1.19. The highest BCUT2D eigenvalue weighted by molar-refractivity contribution is 7.90. The van der Waals surface area contributed by atoms with E-state index in [-0.39, 0.29) is 11.8 Å². The molecule has 0 fully saturated rings. The lowest BCUT2D eigenvalue weighted by Gasteiger charge is -2.14. The molecule has 1 unspecified atom stereocenters. The van der Waals surface area contributed by atoms with Gasteiger partial charge in [0.05, 0.1) is 5.75 Å². The van der Waals surface area contributed by atoms with Gasteiger partial charge >= 0.3 is 0 Å². The van der Waals surface area contributed by atoms with Crippen LogP contribution in [0.25, 0.3) is 10.1 Å². The van der Waals surface area contributed by atoms with Crippen LogP contribution in [0.2, 0.25) is 0 Å². The Morgan fingerprint density at radius 2 is 2.06 bits per heavy atom. The molecule has 0 aliphatic heterocycles. The van der Waals surface area contributed by atoms with Crippen LogP contribution in [-0.2, 0) is 9.84 Å². The predicted octanol–water partition coefficient (Wildman–Crippen LogP) is 2.21. The predicted molar refractivity (Wildman–Crippen MR) is 73.3 cm³/mol. The summed E-state index contributed by atoms with van der Waals surface area (Å²) in [5.41, 5.74) is 1.07. The fourth-order valence-corrected chi connectivity index (χ4v) is 3.87. The van der Waals surface area contributed by atoms with Gasteiger partial charge in [-0.25, -0.2) is 8.42 Å². The zero-order valence-corrected chi connectivity index (χ0v) is 11.4. The van der Waals surface area contributed by atoms with Gasteiger partial charge in [0.15, 0.2) is 0 Å². The van der Waals surface area contributed by atoms with Crippen LogP contribution in [0.5, 0.6) is 0 Å². The minimum atomic E-state index is -2.99. The molecule has 1 aromatic heterocycles. The first kappa shape index (κ1) is 12.5. The average molecular weight is 269 g/mol. The molecular weight excluding hydrogens is 254 g/mol. The maximum atomic E-state index is 11.4. The maximum Gasteiger partial charge on any atom is 0.149 e. The van der Waals surface area contributed by atoms with Gasteiger partial charge in [-0.2, -0.15) is 0 Å². The maximum absolute atomic E-state index is 11.4. The molecule has 5 heteroatoms. The molecule has 2 aromatic rings. The second-order valence-corrected chi connectivity index (χ2v) is 7.22. The highest BCUT2D eigenvalue weighted by atomic mass is 32.2. The van der Waals surface area contributed by atoms with Crippen LogP contribution < -0.4 is 5.32 Å². The van der Waals surface area contributed by atoms with Crippen LogP contribution in [0.15, 0.2) is 29.6 Å². The summed E-state index contributed by atoms with van der Waals surface area (Å²) < 4.78 is 24.0. The Labute approximate surface area is 105 Å². The smallest absolute Gasteiger partial charge is 0.149 e. The van der Waals surface area contributed by atoms with Crippen LogP contribution in [0.1, 0.15) is 11.6 Å². The largest absolute Gasteiger partial charge is 0.312 e. The van der Waals surface area contributed by atoms with E-state index < -0.39 is 9.84 Å². The third kappa shape index (κ3) is 2.86. The average Bonchev–Trinajstić information content (AvgIpc) is 2.68. The summed E-state index contributed by atoms with van der Waals surface area (Å²) in [5, 5.41) is 6.26. The molecule has 2 rings (SSSR count). The van der Waals surface area contributed by atoms with E-state index in [0.29, 0.717) is 0 Å². The number of fused-ring (bicyclic) bond motifs is 1. The van der Waals surface area contributed by atoms with Crippen LogP contribution in [-0.4, -0.2) is 27.5 Å². The molecule has 92 valence electrons. The molecule has 0 saturated heterocycles. The standard InChI is InChI=1S/C12H15NO2S2/c1-13-11(8-17(2,14)15)10-7-16-12-6-4-3-5-9(10)12/h3-7,11,13H,8H2,1-2H3. The van der Waals surface area contributed by atoms with Gasteiger partial charge in [-0.15, -0.1) is 11.3 Å². The van der Waals surface area contributed by atoms with Gasteiger partial charge in [0.25, 0.3) is 0 Å². The summed E-state index contributed by atoms with van der Waals surface area (Å²) in [6.07, 6.45) is 1.27. The molecular formula is C12H15NO2S2. The molecule has 0 radical (unpaired) electrons. The number of nitrogens with one attached hydrogen (secondary N) is 1. The highest BCUT2D eigenvalue weighted by Gasteiger charge is 2.18. The summed E-state index contributed by atoms with van der Waals surface area (Å²) in [6.45, 7) is 0. The van der Waals surface area contributed by atoms with E-state index in [1.165, 1.54) is 11.0 Å². The van der Waals surface area contributed by atoms with Crippen molar-refractivity contribution in [1.82, 2.24) is 5.32 Å². The first-order valence-corrected chi connectivity index (χ1v) is 8.26. The second-order valence-electron chi connectivity index (χ2n) is 4.12. The van der Waals surface area contributed by atoms with Crippen molar-refractivity contribution in [3.05, 3.63) is 35.2 Å². The zero-order valence-electron chi connectivity index (χ0n) is 9.80. The Morgan fingerprint density at radius 1 is 1.35 bits per heavy atom. The summed E-state index contributed by atoms with van der Waals surface area (Å²) in [6, 6.07) is 7.92. The minimum Gasteiger partial charge on any atom is -0.312 e. The van der Waals surface area contributed by atoms with E-state index in [1.54, 1.807) is 18.4 Å². The van der Waals surface area contributed by atoms with E-state index in [0.717, 1.165) is 10.9 Å². The molecule has 17 heavy (non-hydrogen) atoms. The number of sulfone groups is 1. The molecule has 0 aliphatic carbocycles. The van der Waals surface area contributed by atoms with Gasteiger partial charge < -0.3 is 5.32 Å². The summed E-state index contributed by atoms with van der Waals surface area (Å²) in [5.74, 6) is 0.129. The van der Waals surface area contributed by atoms with Crippen molar-refractivity contribution in [3.63, 3.8) is 0 Å². The zero-order chi connectivity index (χ0) is 12.5. The van der Waals surface area contributed by atoms with Crippen molar-refractivity contribution in [2.75, 3.05) is 19.1 Å². The molecule has 1 N–H and O–H groups in total. The normalized spacial score (nSPS) is 14.0. The lowest BCUT2D eigenvalue weighted by atomic mass is 10.1. The Morgan fingerprint density at radius 3 is 2.71 bits per heavy atom. The minimum absolute atomic E-state index is 0.129. The topological polar surface area (TPSA) is 46.2 Å². The number of hydrogen-bond acceptors (Lipinski definition) is 4. The van der Waals surface area contributed by atoms with Crippen LogP contribution in [0.3, 0.4) is 0 Å². The number of rotatable bonds is 4. The Bertz CT molecular complexity index is 616. The quantitative estimate of drug-likeness (QED) is 0.925. The third-order valence-corrected chi connectivity index (χ3v) is 4.62. The van der Waals surface area contributed by atoms with Crippen molar-refractivity contribution in [2.24, 2.45) is 0 Å². The van der Waals surface area contributed by atoms with Crippen LogP contribution in [0.4, 0.5) is 0 Å². The first-order chi connectivity index (χ1) is 8.01. The lowest BCUT2D eigenvalue weighted by Crippen LogP contribution is -2.24. The van der Waals surface area contributed by atoms with Crippen LogP contribution in [0, 0.1) is 0 Å². The summed E-state index contributed by atoms with van der Waals surface area (Å²) >= 11 is 1.65. The number of thiophene rings is 1. The van der Waals surface area contributed by atoms with E-state index in [9.17, 15) is 8.42 Å². The van der Waals surface area contributed by atoms with Gasteiger partial charge in [-0.3, -0.25) is 0 Å². The first-order valence-electron chi connectivity index (χ1n) is 5.32. The molecule has 0 saturated carbocycles. The Hall–Kier alpha value is -0.910. The van der Waals surface area contributed by atoms with E-state index in [4.69, 9.17) is 0 Å². The fraction of sp³-hybridized carbons (Fsp3) is 0.333. The van der Waals surface area contributed by atoms with Gasteiger partial charge in [0, 0.05) is 17.0 Å². The third-order valence-electron chi connectivity index (χ3n) is 2.70. The Kier molecular flexibility index (Phi) is 3.51. The molecule has 3 nitrogen and oxygen atoms in total. The van der Waals surface area contributed by atoms with Gasteiger partial charge in [-0.05, 0) is 29.4 Å². The molecule has 0 amide bonds. The lowest BCUT2D eigenvalue weighted by molar-refractivity contribution is 0.581. The molecule has 1 aromatic carbocycles. The molecule has 0 aliphatic rings. The molecule has 1 heterocycles. The second kappa shape index (κ2) is 4.76. The molecule has 0 spiro atoms. The van der Waals surface area contributed by atoms with Gasteiger partial charge in [-0.1, -0.05) is 18.2 Å². The summed E-state index contributed by atoms with van der Waals surface area (Å²) in [4.78, 5) is 0. The van der Waals surface area contributed by atoms with Gasteiger partial charge in [0.2, 0.25) is 0 Å². The van der Waals surface area contributed by atoms with E-state index in [1.807, 2.05) is 23.6 Å². The van der Waals surface area contributed by atoms with Crippen molar-refractivity contribution < 1.29 is 8.42 Å². The fourth-order valence-electron chi connectivity index (χ4n) is 1.90. The van der Waals surface area contributed by atoms with Crippen molar-refractivity contribution in [2.45, 2.75) is 6.04 Å².